The number of rotatable bonds is 8. The van der Waals surface area contributed by atoms with Crippen molar-refractivity contribution in [3.63, 3.8) is 0 Å². The standard InChI is InChI=1S/C15H21NO4S/c1-4-20-12-5-7-13(8-6-12)21-10-14(17)16(3)9-11(2)15(18)19/h5-8,11H,4,9-10H2,1-3H3,(H,18,19). The maximum Gasteiger partial charge on any atom is 0.308 e. The molecule has 0 aliphatic rings. The van der Waals surface area contributed by atoms with Crippen LogP contribution in [0.2, 0.25) is 0 Å². The monoisotopic (exact) mass is 311 g/mol. The SMILES string of the molecule is CCOc1ccc(SCC(=O)N(C)CC(C)C(=O)O)cc1. The largest absolute Gasteiger partial charge is 0.494 e. The Morgan fingerprint density at radius 1 is 1.33 bits per heavy atom. The van der Waals surface area contributed by atoms with Crippen molar-refractivity contribution in [1.29, 1.82) is 0 Å². The van der Waals surface area contributed by atoms with E-state index in [4.69, 9.17) is 9.84 Å². The number of ether oxygens (including phenoxy) is 1. The average Bonchev–Trinajstić information content (AvgIpc) is 2.46. The third-order valence-corrected chi connectivity index (χ3v) is 3.89. The van der Waals surface area contributed by atoms with E-state index in [9.17, 15) is 9.59 Å². The molecule has 0 aliphatic carbocycles. The van der Waals surface area contributed by atoms with Gasteiger partial charge in [0.05, 0.1) is 18.3 Å². The predicted octanol–water partition coefficient (Wildman–Crippen LogP) is 2.36. The second-order valence-electron chi connectivity index (χ2n) is 4.71. The maximum absolute atomic E-state index is 11.9. The molecule has 1 N–H and O–H groups in total. The van der Waals surface area contributed by atoms with E-state index in [2.05, 4.69) is 0 Å². The van der Waals surface area contributed by atoms with Gasteiger partial charge in [0.25, 0.3) is 0 Å². The van der Waals surface area contributed by atoms with E-state index in [0.29, 0.717) is 6.61 Å². The summed E-state index contributed by atoms with van der Waals surface area (Å²) in [5, 5.41) is 8.84. The van der Waals surface area contributed by atoms with Gasteiger partial charge in [-0.15, -0.1) is 11.8 Å². The number of carbonyl (C=O) groups excluding carboxylic acids is 1. The summed E-state index contributed by atoms with van der Waals surface area (Å²) in [7, 11) is 1.63. The number of carboxylic acids is 1. The lowest BCUT2D eigenvalue weighted by atomic mass is 10.2. The Morgan fingerprint density at radius 2 is 1.95 bits per heavy atom. The molecule has 1 unspecified atom stereocenters. The molecule has 0 saturated carbocycles. The molecule has 1 atom stereocenters. The summed E-state index contributed by atoms with van der Waals surface area (Å²) >= 11 is 1.42. The van der Waals surface area contributed by atoms with Gasteiger partial charge in [0.1, 0.15) is 5.75 Å². The predicted molar refractivity (Wildman–Crippen MR) is 82.8 cm³/mol. The molecule has 0 bridgehead atoms. The highest BCUT2D eigenvalue weighted by Gasteiger charge is 2.17. The van der Waals surface area contributed by atoms with Crippen molar-refractivity contribution in [1.82, 2.24) is 4.90 Å². The van der Waals surface area contributed by atoms with E-state index >= 15 is 0 Å². The lowest BCUT2D eigenvalue weighted by Gasteiger charge is -2.19. The van der Waals surface area contributed by atoms with Crippen molar-refractivity contribution < 1.29 is 19.4 Å². The van der Waals surface area contributed by atoms with Crippen LogP contribution in [0.1, 0.15) is 13.8 Å². The van der Waals surface area contributed by atoms with E-state index in [1.807, 2.05) is 31.2 Å². The Kier molecular flexibility index (Phi) is 7.08. The molecule has 116 valence electrons. The number of nitrogens with zero attached hydrogens (tertiary/aromatic N) is 1. The summed E-state index contributed by atoms with van der Waals surface area (Å²) < 4.78 is 5.35. The molecule has 1 aromatic carbocycles. The average molecular weight is 311 g/mol. The number of benzene rings is 1. The smallest absolute Gasteiger partial charge is 0.308 e. The lowest BCUT2D eigenvalue weighted by Crippen LogP contribution is -2.34. The molecule has 21 heavy (non-hydrogen) atoms. The molecule has 5 nitrogen and oxygen atoms in total. The van der Waals surface area contributed by atoms with Crippen LogP contribution in [0.3, 0.4) is 0 Å². The molecular formula is C15H21NO4S. The van der Waals surface area contributed by atoms with Crippen LogP contribution in [-0.4, -0.2) is 47.8 Å². The number of amides is 1. The minimum Gasteiger partial charge on any atom is -0.494 e. The van der Waals surface area contributed by atoms with Crippen molar-refractivity contribution in [2.24, 2.45) is 5.92 Å². The molecule has 1 aromatic rings. The molecule has 0 spiro atoms. The Hall–Kier alpha value is -1.69. The van der Waals surface area contributed by atoms with Crippen LogP contribution < -0.4 is 4.74 Å². The molecule has 1 amide bonds. The first-order valence-corrected chi connectivity index (χ1v) is 7.75. The van der Waals surface area contributed by atoms with Crippen molar-refractivity contribution in [3.8, 4) is 5.75 Å². The van der Waals surface area contributed by atoms with Crippen molar-refractivity contribution in [2.45, 2.75) is 18.7 Å². The van der Waals surface area contributed by atoms with Gasteiger partial charge in [-0.3, -0.25) is 9.59 Å². The van der Waals surface area contributed by atoms with E-state index in [-0.39, 0.29) is 18.2 Å². The van der Waals surface area contributed by atoms with Gasteiger partial charge in [-0.2, -0.15) is 0 Å². The maximum atomic E-state index is 11.9. The molecule has 1 rings (SSSR count). The number of hydrogen-bond donors (Lipinski definition) is 1. The van der Waals surface area contributed by atoms with Crippen LogP contribution in [0, 0.1) is 5.92 Å². The Bertz CT molecular complexity index is 475. The second-order valence-corrected chi connectivity index (χ2v) is 5.76. The number of hydrogen-bond acceptors (Lipinski definition) is 4. The fourth-order valence-electron chi connectivity index (χ4n) is 1.64. The van der Waals surface area contributed by atoms with Crippen molar-refractivity contribution >= 4 is 23.6 Å². The number of carbonyl (C=O) groups is 2. The second kappa shape index (κ2) is 8.56. The van der Waals surface area contributed by atoms with Crippen LogP contribution in [0.5, 0.6) is 5.75 Å². The van der Waals surface area contributed by atoms with Crippen molar-refractivity contribution in [3.05, 3.63) is 24.3 Å². The zero-order chi connectivity index (χ0) is 15.8. The number of aliphatic carboxylic acids is 1. The molecule has 0 heterocycles. The highest BCUT2D eigenvalue weighted by atomic mass is 32.2. The Balaban J connectivity index is 2.43. The molecule has 0 saturated heterocycles. The molecular weight excluding hydrogens is 290 g/mol. The minimum atomic E-state index is -0.895. The van der Waals surface area contributed by atoms with Gasteiger partial charge in [0, 0.05) is 18.5 Å². The first-order valence-electron chi connectivity index (χ1n) is 6.76. The first-order chi connectivity index (χ1) is 9.93. The van der Waals surface area contributed by atoms with Crippen LogP contribution in [0.25, 0.3) is 0 Å². The van der Waals surface area contributed by atoms with E-state index in [0.717, 1.165) is 10.6 Å². The quantitative estimate of drug-likeness (QED) is 0.747. The minimum absolute atomic E-state index is 0.0815. The van der Waals surface area contributed by atoms with Gasteiger partial charge in [-0.25, -0.2) is 0 Å². The van der Waals surface area contributed by atoms with Gasteiger partial charge in [0.15, 0.2) is 0 Å². The molecule has 6 heteroatoms. The lowest BCUT2D eigenvalue weighted by molar-refractivity contribution is -0.142. The van der Waals surface area contributed by atoms with E-state index in [1.165, 1.54) is 16.7 Å². The third-order valence-electron chi connectivity index (χ3n) is 2.89. The summed E-state index contributed by atoms with van der Waals surface area (Å²) in [6.07, 6.45) is 0. The van der Waals surface area contributed by atoms with Gasteiger partial charge < -0.3 is 14.7 Å². The number of carboxylic acid groups (broad SMARTS) is 1. The van der Waals surface area contributed by atoms with Crippen LogP contribution in [0.15, 0.2) is 29.2 Å². The van der Waals surface area contributed by atoms with Gasteiger partial charge in [-0.1, -0.05) is 6.92 Å². The van der Waals surface area contributed by atoms with Crippen LogP contribution in [-0.2, 0) is 9.59 Å². The topological polar surface area (TPSA) is 66.8 Å². The summed E-state index contributed by atoms with van der Waals surface area (Å²) in [5.41, 5.74) is 0. The molecule has 0 aromatic heterocycles. The van der Waals surface area contributed by atoms with E-state index < -0.39 is 11.9 Å². The highest BCUT2D eigenvalue weighted by Crippen LogP contribution is 2.21. The zero-order valence-corrected chi connectivity index (χ0v) is 13.4. The number of thioether (sulfide) groups is 1. The summed E-state index contributed by atoms with van der Waals surface area (Å²) in [6.45, 7) is 4.36. The Labute approximate surface area is 129 Å². The summed E-state index contributed by atoms with van der Waals surface area (Å²) in [5.74, 6) is -0.442. The Morgan fingerprint density at radius 3 is 2.48 bits per heavy atom. The van der Waals surface area contributed by atoms with Gasteiger partial charge in [-0.05, 0) is 31.2 Å². The highest BCUT2D eigenvalue weighted by molar-refractivity contribution is 8.00. The fourth-order valence-corrected chi connectivity index (χ4v) is 2.48. The van der Waals surface area contributed by atoms with Gasteiger partial charge >= 0.3 is 5.97 Å². The molecule has 0 fully saturated rings. The third kappa shape index (κ3) is 6.08. The molecule has 0 aliphatic heterocycles. The van der Waals surface area contributed by atoms with Crippen molar-refractivity contribution in [2.75, 3.05) is 26.0 Å². The van der Waals surface area contributed by atoms with Crippen LogP contribution >= 0.6 is 11.8 Å². The summed E-state index contributed by atoms with van der Waals surface area (Å²) in [6, 6.07) is 7.55. The molecule has 0 radical (unpaired) electrons. The van der Waals surface area contributed by atoms with E-state index in [1.54, 1.807) is 14.0 Å². The first kappa shape index (κ1) is 17.4. The summed E-state index contributed by atoms with van der Waals surface area (Å²) in [4.78, 5) is 25.1. The normalized spacial score (nSPS) is 11.8. The fraction of sp³-hybridized carbons (Fsp3) is 0.467. The van der Waals surface area contributed by atoms with Gasteiger partial charge in [0.2, 0.25) is 5.91 Å². The zero-order valence-electron chi connectivity index (χ0n) is 12.5. The van der Waals surface area contributed by atoms with Crippen LogP contribution in [0.4, 0.5) is 0 Å².